The summed E-state index contributed by atoms with van der Waals surface area (Å²) in [4.78, 5) is 30.5. The number of fused-ring (bicyclic) bond motifs is 2. The number of aliphatic imine (C=N–C) groups is 1. The van der Waals surface area contributed by atoms with E-state index in [1.807, 2.05) is 50.4 Å². The van der Waals surface area contributed by atoms with Crippen molar-refractivity contribution in [2.24, 2.45) is 10.9 Å². The molecule has 5 aromatic heterocycles. The minimum Gasteiger partial charge on any atom is -0.353 e. The van der Waals surface area contributed by atoms with Crippen LogP contribution in [0.1, 0.15) is 19.4 Å². The molecule has 6 rings (SSSR count). The third-order valence-corrected chi connectivity index (χ3v) is 6.93. The van der Waals surface area contributed by atoms with Crippen molar-refractivity contribution in [1.82, 2.24) is 25.1 Å². The highest BCUT2D eigenvalue weighted by molar-refractivity contribution is 7.13. The maximum absolute atomic E-state index is 12.2. The van der Waals surface area contributed by atoms with Crippen molar-refractivity contribution >= 4 is 51.7 Å². The SMILES string of the molecule is CC(C)C(=O)Nc1cncc(C2=NCC=c3[nH]nc(-c4cc5c(-c6cccs6)nccc5[nH]4)c3=C2)c1. The molecule has 0 bridgehead atoms. The number of thiophene rings is 1. The van der Waals surface area contributed by atoms with Gasteiger partial charge in [0.1, 0.15) is 5.69 Å². The zero-order valence-electron chi connectivity index (χ0n) is 19.7. The highest BCUT2D eigenvalue weighted by atomic mass is 32.1. The number of pyridine rings is 2. The average molecular weight is 494 g/mol. The van der Waals surface area contributed by atoms with Gasteiger partial charge in [0.2, 0.25) is 5.91 Å². The highest BCUT2D eigenvalue weighted by Crippen LogP contribution is 2.31. The molecule has 0 unspecified atom stereocenters. The van der Waals surface area contributed by atoms with E-state index < -0.39 is 0 Å². The van der Waals surface area contributed by atoms with E-state index in [1.165, 1.54) is 0 Å². The van der Waals surface area contributed by atoms with Gasteiger partial charge in [0.25, 0.3) is 0 Å². The summed E-state index contributed by atoms with van der Waals surface area (Å²) in [6.45, 7) is 4.22. The van der Waals surface area contributed by atoms with Gasteiger partial charge in [-0.3, -0.25) is 24.9 Å². The van der Waals surface area contributed by atoms with Crippen LogP contribution in [0.15, 0.2) is 59.3 Å². The van der Waals surface area contributed by atoms with Crippen molar-refractivity contribution in [3.8, 4) is 22.0 Å². The Morgan fingerprint density at radius 2 is 2.08 bits per heavy atom. The lowest BCUT2D eigenvalue weighted by Gasteiger charge is -2.09. The summed E-state index contributed by atoms with van der Waals surface area (Å²) in [7, 11) is 0. The Bertz CT molecular complexity index is 1740. The lowest BCUT2D eigenvalue weighted by molar-refractivity contribution is -0.118. The minimum absolute atomic E-state index is 0.0521. The Kier molecular flexibility index (Phi) is 5.54. The van der Waals surface area contributed by atoms with Crippen LogP contribution in [0.25, 0.3) is 45.0 Å². The second-order valence-corrected chi connectivity index (χ2v) is 9.81. The van der Waals surface area contributed by atoms with Gasteiger partial charge in [-0.15, -0.1) is 11.3 Å². The monoisotopic (exact) mass is 493 g/mol. The summed E-state index contributed by atoms with van der Waals surface area (Å²) in [6.07, 6.45) is 9.27. The summed E-state index contributed by atoms with van der Waals surface area (Å²) in [5.74, 6) is -0.170. The third-order valence-electron chi connectivity index (χ3n) is 6.06. The topological polar surface area (TPSA) is 112 Å². The van der Waals surface area contributed by atoms with Crippen LogP contribution in [0.5, 0.6) is 0 Å². The number of aromatic nitrogens is 5. The van der Waals surface area contributed by atoms with Gasteiger partial charge in [-0.25, -0.2) is 0 Å². The Hall–Kier alpha value is -4.37. The molecule has 0 spiro atoms. The molecule has 36 heavy (non-hydrogen) atoms. The quantitative estimate of drug-likeness (QED) is 0.346. The largest absolute Gasteiger partial charge is 0.353 e. The van der Waals surface area contributed by atoms with E-state index in [9.17, 15) is 4.79 Å². The first kappa shape index (κ1) is 22.1. The lowest BCUT2D eigenvalue weighted by atomic mass is 10.1. The zero-order chi connectivity index (χ0) is 24.6. The normalized spacial score (nSPS) is 13.0. The van der Waals surface area contributed by atoms with Gasteiger partial charge in [0.05, 0.1) is 45.8 Å². The molecule has 8 nitrogen and oxygen atoms in total. The van der Waals surface area contributed by atoms with Gasteiger partial charge in [-0.2, -0.15) is 5.10 Å². The average Bonchev–Trinajstić information content (AvgIpc) is 3.61. The number of anilines is 1. The van der Waals surface area contributed by atoms with E-state index in [2.05, 4.69) is 48.0 Å². The summed E-state index contributed by atoms with van der Waals surface area (Å²) in [6, 6.07) is 10.1. The third kappa shape index (κ3) is 4.03. The second-order valence-electron chi connectivity index (χ2n) is 8.86. The number of H-pyrrole nitrogens is 2. The molecule has 5 aromatic rings. The van der Waals surface area contributed by atoms with E-state index in [0.29, 0.717) is 12.2 Å². The molecule has 0 atom stereocenters. The fraction of sp³-hybridized carbons (Fsp3) is 0.148. The molecule has 0 aromatic carbocycles. The van der Waals surface area contributed by atoms with Gasteiger partial charge < -0.3 is 10.3 Å². The fourth-order valence-electron chi connectivity index (χ4n) is 4.19. The van der Waals surface area contributed by atoms with Gasteiger partial charge in [-0.05, 0) is 41.8 Å². The standard InChI is InChI=1S/C27H23N7OS/c1-15(2)27(35)31-17-10-16(13-28-14-17)22-11-19-21(6-7-29-22)33-34-25(19)23-12-18-20(32-23)5-8-30-26(18)24-4-3-9-36-24/h3-6,8-15,32-33H,7H2,1-2H3,(H,31,35). The molecule has 1 amide bonds. The lowest BCUT2D eigenvalue weighted by Crippen LogP contribution is -2.24. The molecule has 1 aliphatic heterocycles. The number of aromatic amines is 2. The molecule has 9 heteroatoms. The van der Waals surface area contributed by atoms with E-state index in [-0.39, 0.29) is 11.8 Å². The van der Waals surface area contributed by atoms with Gasteiger partial charge in [0.15, 0.2) is 0 Å². The fourth-order valence-corrected chi connectivity index (χ4v) is 4.92. The Labute approximate surface area is 210 Å². The number of hydrogen-bond acceptors (Lipinski definition) is 6. The van der Waals surface area contributed by atoms with Crippen LogP contribution in [0.2, 0.25) is 0 Å². The van der Waals surface area contributed by atoms with Crippen LogP contribution < -0.4 is 15.9 Å². The number of nitrogens with zero attached hydrogens (tertiary/aromatic N) is 4. The Morgan fingerprint density at radius 1 is 1.17 bits per heavy atom. The van der Waals surface area contributed by atoms with E-state index in [1.54, 1.807) is 23.7 Å². The van der Waals surface area contributed by atoms with Gasteiger partial charge in [0, 0.05) is 40.0 Å². The predicted octanol–water partition coefficient (Wildman–Crippen LogP) is 3.73. The van der Waals surface area contributed by atoms with Crippen LogP contribution >= 0.6 is 11.3 Å². The minimum atomic E-state index is -0.118. The second kappa shape index (κ2) is 9.01. The number of hydrogen-bond donors (Lipinski definition) is 3. The molecular weight excluding hydrogens is 470 g/mol. The molecule has 0 saturated carbocycles. The molecule has 178 valence electrons. The summed E-state index contributed by atoms with van der Waals surface area (Å²) in [5, 5.41) is 15.7. The van der Waals surface area contributed by atoms with Crippen molar-refractivity contribution < 1.29 is 4.79 Å². The van der Waals surface area contributed by atoms with Gasteiger partial charge >= 0.3 is 0 Å². The van der Waals surface area contributed by atoms with Crippen LogP contribution in [0.3, 0.4) is 0 Å². The number of rotatable bonds is 5. The van der Waals surface area contributed by atoms with Crippen molar-refractivity contribution in [2.45, 2.75) is 13.8 Å². The molecule has 0 radical (unpaired) electrons. The summed E-state index contributed by atoms with van der Waals surface area (Å²) < 4.78 is 0. The zero-order valence-corrected chi connectivity index (χ0v) is 20.6. The van der Waals surface area contributed by atoms with Crippen molar-refractivity contribution in [1.29, 1.82) is 0 Å². The molecule has 0 aliphatic carbocycles. The first-order valence-electron chi connectivity index (χ1n) is 11.7. The van der Waals surface area contributed by atoms with Crippen molar-refractivity contribution in [3.05, 3.63) is 70.4 Å². The van der Waals surface area contributed by atoms with E-state index in [0.717, 1.165) is 54.7 Å². The first-order valence-corrected chi connectivity index (χ1v) is 12.5. The van der Waals surface area contributed by atoms with E-state index >= 15 is 0 Å². The number of nitrogens with one attached hydrogen (secondary N) is 3. The van der Waals surface area contributed by atoms with Crippen molar-refractivity contribution in [3.63, 3.8) is 0 Å². The van der Waals surface area contributed by atoms with Crippen LogP contribution in [-0.4, -0.2) is 43.3 Å². The molecule has 0 saturated heterocycles. The highest BCUT2D eigenvalue weighted by Gasteiger charge is 2.15. The number of carbonyl (C=O) groups excluding carboxylic acids is 1. The number of amides is 1. The molecular formula is C27H23N7OS. The van der Waals surface area contributed by atoms with E-state index in [4.69, 9.17) is 4.99 Å². The Morgan fingerprint density at radius 3 is 2.92 bits per heavy atom. The van der Waals surface area contributed by atoms with Crippen LogP contribution in [-0.2, 0) is 4.79 Å². The smallest absolute Gasteiger partial charge is 0.226 e. The van der Waals surface area contributed by atoms with Gasteiger partial charge in [-0.1, -0.05) is 19.9 Å². The Balaban J connectivity index is 1.42. The summed E-state index contributed by atoms with van der Waals surface area (Å²) in [5.41, 5.74) is 5.91. The molecule has 6 heterocycles. The van der Waals surface area contributed by atoms with Crippen LogP contribution in [0, 0.1) is 5.92 Å². The maximum Gasteiger partial charge on any atom is 0.226 e. The predicted molar refractivity (Wildman–Crippen MR) is 144 cm³/mol. The molecule has 1 aliphatic rings. The maximum atomic E-state index is 12.2. The first-order chi connectivity index (χ1) is 17.6. The number of carbonyl (C=O) groups is 1. The summed E-state index contributed by atoms with van der Waals surface area (Å²) >= 11 is 1.67. The van der Waals surface area contributed by atoms with Crippen molar-refractivity contribution in [2.75, 3.05) is 11.9 Å². The molecule has 0 fully saturated rings. The van der Waals surface area contributed by atoms with Crippen LogP contribution in [0.4, 0.5) is 5.69 Å². The molecule has 3 N–H and O–H groups in total.